The van der Waals surface area contributed by atoms with E-state index in [2.05, 4.69) is 15.0 Å². The highest BCUT2D eigenvalue weighted by molar-refractivity contribution is 8.76. The number of nitrogens with zero attached hydrogens (tertiary/aromatic N) is 4. The van der Waals surface area contributed by atoms with Crippen molar-refractivity contribution in [1.82, 2.24) is 19.5 Å². The third-order valence-electron chi connectivity index (χ3n) is 4.88. The highest BCUT2D eigenvalue weighted by Gasteiger charge is 2.34. The number of para-hydroxylation sites is 2. The third kappa shape index (κ3) is 6.13. The molecular weight excluding hydrogens is 485 g/mol. The number of rotatable bonds is 10. The van der Waals surface area contributed by atoms with Crippen molar-refractivity contribution < 1.29 is 23.1 Å². The third-order valence-corrected chi connectivity index (χ3v) is 8.92. The van der Waals surface area contributed by atoms with E-state index in [9.17, 15) is 4.57 Å². The van der Waals surface area contributed by atoms with E-state index >= 15 is 0 Å². The van der Waals surface area contributed by atoms with Crippen LogP contribution in [0.1, 0.15) is 13.3 Å². The van der Waals surface area contributed by atoms with Gasteiger partial charge in [-0.15, -0.1) is 0 Å². The number of hydrogen-bond donors (Lipinski definition) is 1. The fraction of sp³-hybridized carbons (Fsp3) is 0.450. The molecule has 0 radical (unpaired) electrons. The molecule has 33 heavy (non-hydrogen) atoms. The maximum Gasteiger partial charge on any atom is 0.405 e. The Balaban J connectivity index is 1.46. The number of nitrogens with two attached hydrogens (primary N) is 1. The first-order chi connectivity index (χ1) is 16.0. The monoisotopic (exact) mass is 511 g/mol. The molecule has 3 atom stereocenters. The molecule has 13 heteroatoms. The SMILES string of the molecule is COc1ccccc1OP(=O)(CO[C@H](C)Cn1cnc2c(N)ncnc21)OC1CCSSC1. The van der Waals surface area contributed by atoms with Gasteiger partial charge in [0.1, 0.15) is 11.8 Å². The maximum atomic E-state index is 13.8. The molecule has 2 unspecified atom stereocenters. The van der Waals surface area contributed by atoms with Gasteiger partial charge in [-0.2, -0.15) is 0 Å². The standard InChI is InChI=1S/C20H26N5O5PS2/c1-14(9-25-12-24-18-19(21)22-11-23-20(18)25)28-13-31(26,29-15-7-8-32-33-10-15)30-17-6-4-3-5-16(17)27-2/h3-6,11-12,14-15H,7-10,13H2,1-2H3,(H2,21,22,23)/t14-,15?,31?/m1/s1. The number of methoxy groups -OCH3 is 1. The topological polar surface area (TPSA) is 124 Å². The molecule has 0 spiro atoms. The molecule has 0 bridgehead atoms. The number of benzene rings is 1. The van der Waals surface area contributed by atoms with Crippen molar-refractivity contribution in [2.24, 2.45) is 0 Å². The van der Waals surface area contributed by atoms with Crippen LogP contribution in [0, 0.1) is 0 Å². The van der Waals surface area contributed by atoms with Crippen LogP contribution in [0.4, 0.5) is 5.82 Å². The first kappa shape index (κ1) is 24.2. The molecule has 1 aliphatic heterocycles. The van der Waals surface area contributed by atoms with E-state index in [0.29, 0.717) is 35.0 Å². The minimum absolute atomic E-state index is 0.173. The van der Waals surface area contributed by atoms with Gasteiger partial charge in [0.2, 0.25) is 0 Å². The summed E-state index contributed by atoms with van der Waals surface area (Å²) >= 11 is 0. The van der Waals surface area contributed by atoms with E-state index in [0.717, 1.165) is 17.9 Å². The van der Waals surface area contributed by atoms with Crippen LogP contribution in [-0.2, 0) is 20.4 Å². The van der Waals surface area contributed by atoms with Crippen LogP contribution in [0.5, 0.6) is 11.5 Å². The summed E-state index contributed by atoms with van der Waals surface area (Å²) in [5.41, 5.74) is 7.00. The van der Waals surface area contributed by atoms with E-state index in [-0.39, 0.29) is 18.6 Å². The average Bonchev–Trinajstić information content (AvgIpc) is 3.23. The van der Waals surface area contributed by atoms with Crippen LogP contribution in [0.3, 0.4) is 0 Å². The zero-order valence-electron chi connectivity index (χ0n) is 18.3. The second-order valence-electron chi connectivity index (χ2n) is 7.41. The second kappa shape index (κ2) is 11.0. The highest BCUT2D eigenvalue weighted by atomic mass is 33.1. The van der Waals surface area contributed by atoms with Crippen LogP contribution in [0.25, 0.3) is 11.2 Å². The van der Waals surface area contributed by atoms with Gasteiger partial charge in [-0.3, -0.25) is 4.52 Å². The first-order valence-corrected chi connectivity index (χ1v) is 14.6. The fourth-order valence-electron chi connectivity index (χ4n) is 3.26. The van der Waals surface area contributed by atoms with Crippen molar-refractivity contribution in [2.75, 3.05) is 30.7 Å². The molecule has 3 heterocycles. The van der Waals surface area contributed by atoms with Gasteiger partial charge < -0.3 is 24.3 Å². The summed E-state index contributed by atoms with van der Waals surface area (Å²) < 4.78 is 38.8. The molecule has 178 valence electrons. The summed E-state index contributed by atoms with van der Waals surface area (Å²) in [6.07, 6.45) is 3.12. The van der Waals surface area contributed by atoms with Crippen LogP contribution >= 0.6 is 29.2 Å². The van der Waals surface area contributed by atoms with Crippen LogP contribution in [-0.4, -0.2) is 56.7 Å². The summed E-state index contributed by atoms with van der Waals surface area (Å²) in [7, 11) is 1.38. The van der Waals surface area contributed by atoms with Gasteiger partial charge in [-0.25, -0.2) is 19.5 Å². The summed E-state index contributed by atoms with van der Waals surface area (Å²) in [6.45, 7) is 2.30. The Bertz CT molecular complexity index is 1130. The highest BCUT2D eigenvalue weighted by Crippen LogP contribution is 2.53. The lowest BCUT2D eigenvalue weighted by Gasteiger charge is -2.28. The molecule has 1 aliphatic rings. The smallest absolute Gasteiger partial charge is 0.405 e. The minimum atomic E-state index is -3.64. The summed E-state index contributed by atoms with van der Waals surface area (Å²) in [5, 5.41) is 0. The Kier molecular flexibility index (Phi) is 8.02. The number of imidazole rings is 1. The lowest BCUT2D eigenvalue weighted by molar-refractivity contribution is 0.0676. The van der Waals surface area contributed by atoms with Crippen molar-refractivity contribution in [3.05, 3.63) is 36.9 Å². The van der Waals surface area contributed by atoms with Gasteiger partial charge in [0.15, 0.2) is 29.3 Å². The predicted octanol–water partition coefficient (Wildman–Crippen LogP) is 4.22. The molecule has 1 aromatic carbocycles. The van der Waals surface area contributed by atoms with Crippen molar-refractivity contribution >= 4 is 46.2 Å². The zero-order valence-corrected chi connectivity index (χ0v) is 20.9. The molecule has 0 saturated carbocycles. The van der Waals surface area contributed by atoms with Gasteiger partial charge in [0.25, 0.3) is 0 Å². The number of nitrogen functional groups attached to an aromatic ring is 1. The Morgan fingerprint density at radius 2 is 2.06 bits per heavy atom. The Labute approximate surface area is 199 Å². The number of ether oxygens (including phenoxy) is 2. The van der Waals surface area contributed by atoms with E-state index in [1.54, 1.807) is 46.1 Å². The van der Waals surface area contributed by atoms with E-state index in [1.165, 1.54) is 13.4 Å². The number of anilines is 1. The van der Waals surface area contributed by atoms with Crippen molar-refractivity contribution in [2.45, 2.75) is 32.1 Å². The molecule has 1 saturated heterocycles. The molecular formula is C20H26N5O5PS2. The van der Waals surface area contributed by atoms with Crippen LogP contribution < -0.4 is 15.0 Å². The predicted molar refractivity (Wildman–Crippen MR) is 131 cm³/mol. The van der Waals surface area contributed by atoms with Gasteiger partial charge in [0, 0.05) is 11.5 Å². The molecule has 3 aromatic rings. The normalized spacial score (nSPS) is 19.2. The zero-order chi connectivity index (χ0) is 23.3. The molecule has 2 aromatic heterocycles. The maximum absolute atomic E-state index is 13.8. The van der Waals surface area contributed by atoms with Gasteiger partial charge in [0.05, 0.1) is 32.2 Å². The lowest BCUT2D eigenvalue weighted by atomic mass is 10.3. The lowest BCUT2D eigenvalue weighted by Crippen LogP contribution is -2.23. The van der Waals surface area contributed by atoms with Gasteiger partial charge in [-0.05, 0) is 25.5 Å². The molecule has 0 aliphatic carbocycles. The quantitative estimate of drug-likeness (QED) is 0.311. The van der Waals surface area contributed by atoms with Crippen molar-refractivity contribution in [1.29, 1.82) is 0 Å². The van der Waals surface area contributed by atoms with Crippen LogP contribution in [0.15, 0.2) is 36.9 Å². The number of hydrogen-bond acceptors (Lipinski definition) is 11. The van der Waals surface area contributed by atoms with E-state index in [1.807, 2.05) is 17.6 Å². The summed E-state index contributed by atoms with van der Waals surface area (Å²) in [5.74, 6) is 2.82. The summed E-state index contributed by atoms with van der Waals surface area (Å²) in [4.78, 5) is 12.5. The number of fused-ring (bicyclic) bond motifs is 1. The Morgan fingerprint density at radius 1 is 1.24 bits per heavy atom. The minimum Gasteiger partial charge on any atom is -0.493 e. The van der Waals surface area contributed by atoms with Gasteiger partial charge in [-0.1, -0.05) is 33.7 Å². The van der Waals surface area contributed by atoms with Crippen molar-refractivity contribution in [3.8, 4) is 11.5 Å². The van der Waals surface area contributed by atoms with Crippen LogP contribution in [0.2, 0.25) is 0 Å². The molecule has 1 fully saturated rings. The second-order valence-corrected chi connectivity index (χ2v) is 11.9. The molecule has 2 N–H and O–H groups in total. The van der Waals surface area contributed by atoms with E-state index < -0.39 is 7.60 Å². The van der Waals surface area contributed by atoms with Gasteiger partial charge >= 0.3 is 7.60 Å². The van der Waals surface area contributed by atoms with Crippen molar-refractivity contribution in [3.63, 3.8) is 0 Å². The molecule has 0 amide bonds. The molecule has 4 rings (SSSR count). The first-order valence-electron chi connectivity index (χ1n) is 10.3. The molecule has 10 nitrogen and oxygen atoms in total. The Morgan fingerprint density at radius 3 is 2.82 bits per heavy atom. The average molecular weight is 512 g/mol. The van der Waals surface area contributed by atoms with E-state index in [4.69, 9.17) is 24.3 Å². The number of aromatic nitrogens is 4. The fourth-order valence-corrected chi connectivity index (χ4v) is 7.38. The Hall–Kier alpha value is -1.98. The largest absolute Gasteiger partial charge is 0.493 e. The summed E-state index contributed by atoms with van der Waals surface area (Å²) in [6, 6.07) is 7.05.